The number of para-hydroxylation sites is 2. The van der Waals surface area contributed by atoms with Crippen LogP contribution in [0.3, 0.4) is 0 Å². The number of thiophene rings is 1. The number of hydrogen-bond acceptors (Lipinski definition) is 3. The average molecular weight is 604 g/mol. The molecule has 3 heterocycles. The van der Waals surface area contributed by atoms with Gasteiger partial charge in [0, 0.05) is 37.2 Å². The van der Waals surface area contributed by atoms with Crippen LogP contribution < -0.4 is 0 Å². The van der Waals surface area contributed by atoms with Crippen LogP contribution in [-0.2, 0) is 0 Å². The maximum Gasteiger partial charge on any atom is 0.235 e. The summed E-state index contributed by atoms with van der Waals surface area (Å²) in [4.78, 5) is 10.7. The Kier molecular flexibility index (Phi) is 5.45. The van der Waals surface area contributed by atoms with Crippen molar-refractivity contribution in [2.75, 3.05) is 0 Å². The van der Waals surface area contributed by atoms with Crippen LogP contribution in [0.2, 0.25) is 0 Å². The molecule has 214 valence electrons. The van der Waals surface area contributed by atoms with Crippen molar-refractivity contribution in [3.05, 3.63) is 152 Å². The molecule has 4 heteroatoms. The van der Waals surface area contributed by atoms with Crippen molar-refractivity contribution >= 4 is 75.0 Å². The molecule has 0 aliphatic rings. The lowest BCUT2D eigenvalue weighted by Gasteiger charge is -2.13. The van der Waals surface area contributed by atoms with Gasteiger partial charge in [-0.15, -0.1) is 11.3 Å². The number of fused-ring (bicyclic) bond motifs is 11. The van der Waals surface area contributed by atoms with E-state index in [1.165, 1.54) is 47.3 Å². The third kappa shape index (κ3) is 3.65. The smallest absolute Gasteiger partial charge is 0.235 e. The van der Waals surface area contributed by atoms with E-state index in [1.54, 1.807) is 0 Å². The Labute approximate surface area is 268 Å². The van der Waals surface area contributed by atoms with Crippen LogP contribution in [0.15, 0.2) is 152 Å². The van der Waals surface area contributed by atoms with E-state index >= 15 is 0 Å². The maximum absolute atomic E-state index is 5.45. The van der Waals surface area contributed by atoms with Crippen molar-refractivity contribution in [2.45, 2.75) is 0 Å². The summed E-state index contributed by atoms with van der Waals surface area (Å²) in [6.07, 6.45) is 0. The van der Waals surface area contributed by atoms with Crippen molar-refractivity contribution in [1.29, 1.82) is 0 Å². The van der Waals surface area contributed by atoms with E-state index in [9.17, 15) is 0 Å². The highest BCUT2D eigenvalue weighted by atomic mass is 32.1. The molecule has 46 heavy (non-hydrogen) atoms. The molecule has 0 N–H and O–H groups in total. The van der Waals surface area contributed by atoms with Gasteiger partial charge in [0.05, 0.1) is 26.9 Å². The molecule has 0 saturated carbocycles. The first-order chi connectivity index (χ1) is 22.8. The number of hydrogen-bond donors (Lipinski definition) is 0. The third-order valence-electron chi connectivity index (χ3n) is 9.19. The Balaban J connectivity index is 1.36. The number of benzene rings is 7. The van der Waals surface area contributed by atoms with Gasteiger partial charge in [0.25, 0.3) is 0 Å². The van der Waals surface area contributed by atoms with E-state index in [0.717, 1.165) is 38.8 Å². The first kappa shape index (κ1) is 25.5. The second-order valence-electron chi connectivity index (χ2n) is 11.8. The summed E-state index contributed by atoms with van der Waals surface area (Å²) in [6, 6.07) is 53.9. The summed E-state index contributed by atoms with van der Waals surface area (Å²) < 4.78 is 4.85. The van der Waals surface area contributed by atoms with Crippen LogP contribution in [0.4, 0.5) is 0 Å². The van der Waals surface area contributed by atoms with E-state index in [1.807, 2.05) is 11.3 Å². The summed E-state index contributed by atoms with van der Waals surface area (Å²) >= 11 is 1.86. The fourth-order valence-electron chi connectivity index (χ4n) is 7.20. The molecule has 3 nitrogen and oxygen atoms in total. The van der Waals surface area contributed by atoms with Crippen LogP contribution >= 0.6 is 11.3 Å². The van der Waals surface area contributed by atoms with Gasteiger partial charge in [-0.1, -0.05) is 127 Å². The van der Waals surface area contributed by atoms with Gasteiger partial charge in [0.1, 0.15) is 0 Å². The Bertz CT molecular complexity index is 2810. The van der Waals surface area contributed by atoms with Crippen molar-refractivity contribution < 1.29 is 0 Å². The molecule has 0 saturated heterocycles. The van der Waals surface area contributed by atoms with Gasteiger partial charge in [-0.2, -0.15) is 0 Å². The lowest BCUT2D eigenvalue weighted by Crippen LogP contribution is -2.03. The summed E-state index contributed by atoms with van der Waals surface area (Å²) in [6.45, 7) is 0. The first-order valence-corrected chi connectivity index (χ1v) is 16.3. The number of aromatic nitrogens is 3. The molecule has 7 aromatic carbocycles. The minimum atomic E-state index is 0.680. The zero-order chi connectivity index (χ0) is 30.2. The van der Waals surface area contributed by atoms with Crippen molar-refractivity contribution in [3.8, 4) is 28.3 Å². The van der Waals surface area contributed by atoms with Gasteiger partial charge in [-0.3, -0.25) is 4.57 Å². The van der Waals surface area contributed by atoms with Gasteiger partial charge in [0.15, 0.2) is 0 Å². The Hall–Kier alpha value is -5.84. The summed E-state index contributed by atoms with van der Waals surface area (Å²) in [5, 5.41) is 8.60. The highest BCUT2D eigenvalue weighted by Crippen LogP contribution is 2.47. The Morgan fingerprint density at radius 2 is 1.09 bits per heavy atom. The van der Waals surface area contributed by atoms with Crippen molar-refractivity contribution in [1.82, 2.24) is 14.5 Å². The zero-order valence-electron chi connectivity index (χ0n) is 24.7. The van der Waals surface area contributed by atoms with E-state index in [4.69, 9.17) is 9.97 Å². The molecule has 0 bridgehead atoms. The molecule has 10 rings (SSSR count). The number of nitrogens with zero attached hydrogens (tertiary/aromatic N) is 3. The molecule has 0 aliphatic heterocycles. The van der Waals surface area contributed by atoms with Gasteiger partial charge in [-0.05, 0) is 46.2 Å². The molecule has 0 aliphatic carbocycles. The van der Waals surface area contributed by atoms with Gasteiger partial charge in [0.2, 0.25) is 5.95 Å². The lowest BCUT2D eigenvalue weighted by molar-refractivity contribution is 1.02. The first-order valence-electron chi connectivity index (χ1n) is 15.5. The minimum Gasteiger partial charge on any atom is -0.276 e. The largest absolute Gasteiger partial charge is 0.276 e. The predicted octanol–water partition coefficient (Wildman–Crippen LogP) is 11.6. The summed E-state index contributed by atoms with van der Waals surface area (Å²) in [5.74, 6) is 0.680. The Morgan fingerprint density at radius 3 is 1.93 bits per heavy atom. The molecule has 0 amide bonds. The van der Waals surface area contributed by atoms with Crippen molar-refractivity contribution in [3.63, 3.8) is 0 Å². The standard InChI is InChI=1S/C42H25N3S/c1-2-13-26(14-3-1)27-15-12-16-28(25-27)39-31-19-6-9-22-34(31)43-42(44-39)45-35-23-10-7-20-32(35)37-29-17-4-5-18-30(29)38-33-21-8-11-24-36(33)46-41(38)40(37)45/h1-25H. The summed E-state index contributed by atoms with van der Waals surface area (Å²) in [7, 11) is 0. The molecule has 0 atom stereocenters. The Morgan fingerprint density at radius 1 is 0.457 bits per heavy atom. The molecule has 0 radical (unpaired) electrons. The molecule has 0 fully saturated rings. The molecular formula is C42H25N3S. The highest BCUT2D eigenvalue weighted by Gasteiger charge is 2.23. The lowest BCUT2D eigenvalue weighted by atomic mass is 9.99. The quantitative estimate of drug-likeness (QED) is 0.201. The fraction of sp³-hybridized carbons (Fsp3) is 0. The van der Waals surface area contributed by atoms with Gasteiger partial charge < -0.3 is 0 Å². The van der Waals surface area contributed by atoms with Crippen LogP contribution in [0.5, 0.6) is 0 Å². The third-order valence-corrected chi connectivity index (χ3v) is 10.4. The minimum absolute atomic E-state index is 0.680. The number of rotatable bonds is 3. The normalized spacial score (nSPS) is 11.9. The monoisotopic (exact) mass is 603 g/mol. The zero-order valence-corrected chi connectivity index (χ0v) is 25.5. The highest BCUT2D eigenvalue weighted by molar-refractivity contribution is 7.27. The fourth-order valence-corrected chi connectivity index (χ4v) is 8.45. The topological polar surface area (TPSA) is 30.7 Å². The second kappa shape index (κ2) is 9.83. The van der Waals surface area contributed by atoms with E-state index in [2.05, 4.69) is 156 Å². The van der Waals surface area contributed by atoms with Gasteiger partial charge >= 0.3 is 0 Å². The van der Waals surface area contributed by atoms with E-state index < -0.39 is 0 Å². The van der Waals surface area contributed by atoms with Crippen molar-refractivity contribution in [2.24, 2.45) is 0 Å². The molecule has 10 aromatic rings. The summed E-state index contributed by atoms with van der Waals surface area (Å²) in [5.41, 5.74) is 7.54. The van der Waals surface area contributed by atoms with Crippen LogP contribution in [0, 0.1) is 0 Å². The van der Waals surface area contributed by atoms with E-state index in [-0.39, 0.29) is 0 Å². The SMILES string of the molecule is c1ccc(-c2cccc(-c3nc(-n4c5ccccc5c5c6ccccc6c6c7ccccc7sc6c54)nc4ccccc34)c2)cc1. The molecule has 0 spiro atoms. The maximum atomic E-state index is 5.45. The molecule has 3 aromatic heterocycles. The van der Waals surface area contributed by atoms with E-state index in [0.29, 0.717) is 5.95 Å². The molecular weight excluding hydrogens is 579 g/mol. The van der Waals surface area contributed by atoms with Crippen LogP contribution in [0.25, 0.3) is 92.0 Å². The van der Waals surface area contributed by atoms with Crippen LogP contribution in [-0.4, -0.2) is 14.5 Å². The molecule has 0 unspecified atom stereocenters. The van der Waals surface area contributed by atoms with Gasteiger partial charge in [-0.25, -0.2) is 9.97 Å². The van der Waals surface area contributed by atoms with Crippen LogP contribution in [0.1, 0.15) is 0 Å². The average Bonchev–Trinajstić information content (AvgIpc) is 3.69. The second-order valence-corrected chi connectivity index (χ2v) is 12.8. The predicted molar refractivity (Wildman–Crippen MR) is 195 cm³/mol.